The molecule has 0 unspecified atom stereocenters. The standard InChI is InChI=1S/C19H19Cl2FN2O3S/c20-15-7-4-8-17(18(15)21)23-19(25)14-11-13(9-10-16(14)22)28(26,27)24-12-5-2-1-3-6-12/h4,7-12,24H,1-3,5-6H2,(H,23,25). The van der Waals surface area contributed by atoms with Crippen molar-refractivity contribution in [1.82, 2.24) is 4.72 Å². The highest BCUT2D eigenvalue weighted by atomic mass is 35.5. The van der Waals surface area contributed by atoms with Gasteiger partial charge in [-0.3, -0.25) is 4.79 Å². The molecule has 150 valence electrons. The van der Waals surface area contributed by atoms with Crippen LogP contribution in [0, 0.1) is 5.82 Å². The van der Waals surface area contributed by atoms with Gasteiger partial charge in [0.15, 0.2) is 0 Å². The molecule has 2 N–H and O–H groups in total. The van der Waals surface area contributed by atoms with Crippen LogP contribution in [0.1, 0.15) is 42.5 Å². The molecule has 1 fully saturated rings. The van der Waals surface area contributed by atoms with Gasteiger partial charge in [-0.1, -0.05) is 48.5 Å². The van der Waals surface area contributed by atoms with Crippen LogP contribution in [0.2, 0.25) is 10.0 Å². The van der Waals surface area contributed by atoms with E-state index in [0.29, 0.717) is 0 Å². The third-order valence-corrected chi connectivity index (χ3v) is 6.96. The van der Waals surface area contributed by atoms with E-state index >= 15 is 0 Å². The Kier molecular flexibility index (Phi) is 6.60. The molecule has 5 nitrogen and oxygen atoms in total. The zero-order valence-corrected chi connectivity index (χ0v) is 17.2. The maximum absolute atomic E-state index is 14.2. The summed E-state index contributed by atoms with van der Waals surface area (Å²) in [5.74, 6) is -1.66. The number of halogens is 3. The average Bonchev–Trinajstić information content (AvgIpc) is 2.66. The van der Waals surface area contributed by atoms with Gasteiger partial charge in [0.25, 0.3) is 5.91 Å². The second-order valence-electron chi connectivity index (χ2n) is 6.65. The lowest BCUT2D eigenvalue weighted by Gasteiger charge is -2.22. The van der Waals surface area contributed by atoms with Gasteiger partial charge in [0.1, 0.15) is 5.82 Å². The monoisotopic (exact) mass is 444 g/mol. The Morgan fingerprint density at radius 1 is 1.07 bits per heavy atom. The van der Waals surface area contributed by atoms with Crippen molar-refractivity contribution in [1.29, 1.82) is 0 Å². The van der Waals surface area contributed by atoms with Crippen molar-refractivity contribution in [3.05, 3.63) is 57.8 Å². The van der Waals surface area contributed by atoms with Crippen molar-refractivity contribution in [3.8, 4) is 0 Å². The fourth-order valence-corrected chi connectivity index (χ4v) is 4.82. The molecule has 1 amide bonds. The molecule has 0 heterocycles. The first-order valence-electron chi connectivity index (χ1n) is 8.85. The third kappa shape index (κ3) is 4.84. The Morgan fingerprint density at radius 3 is 2.50 bits per heavy atom. The van der Waals surface area contributed by atoms with Gasteiger partial charge in [-0.15, -0.1) is 0 Å². The molecule has 0 radical (unpaired) electrons. The third-order valence-electron chi connectivity index (χ3n) is 4.62. The zero-order chi connectivity index (χ0) is 20.3. The molecule has 0 aromatic heterocycles. The highest BCUT2D eigenvalue weighted by Gasteiger charge is 2.24. The number of hydrogen-bond donors (Lipinski definition) is 2. The van der Waals surface area contributed by atoms with Gasteiger partial charge in [0.2, 0.25) is 10.0 Å². The normalized spacial score (nSPS) is 15.4. The number of benzene rings is 2. The predicted octanol–water partition coefficient (Wildman–Crippen LogP) is 5.00. The molecule has 2 aromatic rings. The molecular formula is C19H19Cl2FN2O3S. The minimum absolute atomic E-state index is 0.112. The Morgan fingerprint density at radius 2 is 1.79 bits per heavy atom. The number of carbonyl (C=O) groups is 1. The van der Waals surface area contributed by atoms with Crippen LogP contribution < -0.4 is 10.0 Å². The molecule has 0 aliphatic heterocycles. The number of sulfonamides is 1. The van der Waals surface area contributed by atoms with E-state index in [1.54, 1.807) is 12.1 Å². The smallest absolute Gasteiger partial charge is 0.258 e. The van der Waals surface area contributed by atoms with E-state index in [9.17, 15) is 17.6 Å². The maximum atomic E-state index is 14.2. The van der Waals surface area contributed by atoms with Gasteiger partial charge in [0, 0.05) is 6.04 Å². The van der Waals surface area contributed by atoms with Crippen LogP contribution in [0.15, 0.2) is 41.3 Å². The van der Waals surface area contributed by atoms with Crippen molar-refractivity contribution in [2.45, 2.75) is 43.0 Å². The highest BCUT2D eigenvalue weighted by Crippen LogP contribution is 2.30. The molecule has 9 heteroatoms. The van der Waals surface area contributed by atoms with Crippen LogP contribution in [-0.2, 0) is 10.0 Å². The number of amides is 1. The van der Waals surface area contributed by atoms with Crippen LogP contribution in [0.3, 0.4) is 0 Å². The van der Waals surface area contributed by atoms with E-state index in [1.165, 1.54) is 6.07 Å². The summed E-state index contributed by atoms with van der Waals surface area (Å²) in [6, 6.07) is 7.61. The molecule has 0 saturated heterocycles. The Bertz CT molecular complexity index is 993. The Balaban J connectivity index is 1.84. The molecule has 3 rings (SSSR count). The Hall–Kier alpha value is -1.67. The molecule has 0 atom stereocenters. The van der Waals surface area contributed by atoms with Gasteiger partial charge in [-0.25, -0.2) is 17.5 Å². The zero-order valence-electron chi connectivity index (χ0n) is 14.8. The largest absolute Gasteiger partial charge is 0.320 e. The number of nitrogens with one attached hydrogen (secondary N) is 2. The topological polar surface area (TPSA) is 75.3 Å². The van der Waals surface area contributed by atoms with E-state index in [1.807, 2.05) is 0 Å². The second-order valence-corrected chi connectivity index (χ2v) is 9.15. The van der Waals surface area contributed by atoms with Gasteiger partial charge in [0.05, 0.1) is 26.2 Å². The number of hydrogen-bond acceptors (Lipinski definition) is 3. The fraction of sp³-hybridized carbons (Fsp3) is 0.316. The quantitative estimate of drug-likeness (QED) is 0.681. The van der Waals surface area contributed by atoms with Crippen LogP contribution in [-0.4, -0.2) is 20.4 Å². The van der Waals surface area contributed by atoms with Crippen LogP contribution in [0.25, 0.3) is 0 Å². The minimum atomic E-state index is -3.86. The molecule has 0 spiro atoms. The van der Waals surface area contributed by atoms with Crippen molar-refractivity contribution in [2.75, 3.05) is 5.32 Å². The molecule has 1 aliphatic rings. The summed E-state index contributed by atoms with van der Waals surface area (Å²) < 4.78 is 42.1. The average molecular weight is 445 g/mol. The van der Waals surface area contributed by atoms with Gasteiger partial charge >= 0.3 is 0 Å². The highest BCUT2D eigenvalue weighted by molar-refractivity contribution is 7.89. The molecule has 1 aliphatic carbocycles. The van der Waals surface area contributed by atoms with Crippen LogP contribution in [0.4, 0.5) is 10.1 Å². The van der Waals surface area contributed by atoms with Crippen molar-refractivity contribution < 1.29 is 17.6 Å². The molecule has 0 bridgehead atoms. The second kappa shape index (κ2) is 8.78. The minimum Gasteiger partial charge on any atom is -0.320 e. The lowest BCUT2D eigenvalue weighted by atomic mass is 9.96. The SMILES string of the molecule is O=C(Nc1cccc(Cl)c1Cl)c1cc(S(=O)(=O)NC2CCCCC2)ccc1F. The van der Waals surface area contributed by atoms with E-state index in [0.717, 1.165) is 50.3 Å². The first kappa shape index (κ1) is 21.0. The van der Waals surface area contributed by atoms with Crippen molar-refractivity contribution in [2.24, 2.45) is 0 Å². The predicted molar refractivity (Wildman–Crippen MR) is 108 cm³/mol. The van der Waals surface area contributed by atoms with Crippen molar-refractivity contribution in [3.63, 3.8) is 0 Å². The summed E-state index contributed by atoms with van der Waals surface area (Å²) in [5.41, 5.74) is -0.199. The maximum Gasteiger partial charge on any atom is 0.258 e. The first-order chi connectivity index (χ1) is 13.3. The van der Waals surface area contributed by atoms with Gasteiger partial charge < -0.3 is 5.32 Å². The number of anilines is 1. The lowest BCUT2D eigenvalue weighted by molar-refractivity contribution is 0.102. The summed E-state index contributed by atoms with van der Waals surface area (Å²) >= 11 is 11.9. The summed E-state index contributed by atoms with van der Waals surface area (Å²) in [7, 11) is -3.86. The molecule has 28 heavy (non-hydrogen) atoms. The van der Waals surface area contributed by atoms with Crippen molar-refractivity contribution >= 4 is 44.8 Å². The number of rotatable bonds is 5. The van der Waals surface area contributed by atoms with Gasteiger partial charge in [-0.05, 0) is 43.2 Å². The molecular weight excluding hydrogens is 426 g/mol. The van der Waals surface area contributed by atoms with Crippen LogP contribution >= 0.6 is 23.2 Å². The van der Waals surface area contributed by atoms with Gasteiger partial charge in [-0.2, -0.15) is 0 Å². The first-order valence-corrected chi connectivity index (χ1v) is 11.1. The van der Waals surface area contributed by atoms with E-state index in [4.69, 9.17) is 23.2 Å². The summed E-state index contributed by atoms with van der Waals surface area (Å²) in [6.45, 7) is 0. The lowest BCUT2D eigenvalue weighted by Crippen LogP contribution is -2.36. The van der Waals surface area contributed by atoms with Crippen LogP contribution in [0.5, 0.6) is 0 Å². The summed E-state index contributed by atoms with van der Waals surface area (Å²) in [6.07, 6.45) is 4.54. The molecule has 2 aromatic carbocycles. The fourth-order valence-electron chi connectivity index (χ4n) is 3.14. The summed E-state index contributed by atoms with van der Waals surface area (Å²) in [4.78, 5) is 12.3. The molecule has 1 saturated carbocycles. The van der Waals surface area contributed by atoms with E-state index in [-0.39, 0.29) is 26.7 Å². The van der Waals surface area contributed by atoms with E-state index < -0.39 is 27.3 Å². The number of carbonyl (C=O) groups excluding carboxylic acids is 1. The summed E-state index contributed by atoms with van der Waals surface area (Å²) in [5, 5.41) is 2.80. The van der Waals surface area contributed by atoms with E-state index in [2.05, 4.69) is 10.0 Å². The Labute approximate surface area is 173 Å².